The Bertz CT molecular complexity index is 129. The zero-order chi connectivity index (χ0) is 13.2. The Hall–Kier alpha value is -0.420. The van der Waals surface area contributed by atoms with Gasteiger partial charge in [0.2, 0.25) is 0 Å². The molecule has 0 heterocycles. The van der Waals surface area contributed by atoms with E-state index >= 15 is 0 Å². The lowest BCUT2D eigenvalue weighted by molar-refractivity contribution is 0.0222. The summed E-state index contributed by atoms with van der Waals surface area (Å²) in [4.78, 5) is 0. The topological polar surface area (TPSA) is 58.9 Å². The summed E-state index contributed by atoms with van der Waals surface area (Å²) in [6.07, 6.45) is 8.22. The van der Waals surface area contributed by atoms with Gasteiger partial charge in [-0.25, -0.2) is 0 Å². The molecule has 0 fully saturated rings. The van der Waals surface area contributed by atoms with Crippen LogP contribution in [0, 0.1) is 0 Å². The van der Waals surface area contributed by atoms with E-state index in [0.717, 1.165) is 0 Å². The Kier molecular flexibility index (Phi) is 23.3. The van der Waals surface area contributed by atoms with Gasteiger partial charge in [-0.2, -0.15) is 0 Å². The molecule has 0 aromatic rings. The molecule has 0 bridgehead atoms. The molecule has 0 radical (unpaired) electrons. The molecule has 0 atom stereocenters. The fourth-order valence-corrected chi connectivity index (χ4v) is 0.940. The minimum Gasteiger partial charge on any atom is -0.394 e. The number of rotatable bonds is 10. The first-order valence-corrected chi connectivity index (χ1v) is 6.31. The maximum atomic E-state index is 8.26. The number of hydrogen-bond acceptors (Lipinski definition) is 4. The predicted molar refractivity (Wildman–Crippen MR) is 70.1 cm³/mol. The van der Waals surface area contributed by atoms with Crippen LogP contribution in [0.4, 0.5) is 0 Å². The molecule has 17 heavy (non-hydrogen) atoms. The molecule has 4 nitrogen and oxygen atoms in total. The first-order valence-electron chi connectivity index (χ1n) is 6.31. The lowest BCUT2D eigenvalue weighted by Gasteiger charge is -2.01. The van der Waals surface area contributed by atoms with Gasteiger partial charge in [-0.1, -0.05) is 31.9 Å². The van der Waals surface area contributed by atoms with Crippen molar-refractivity contribution in [3.8, 4) is 0 Å². The molecule has 0 aromatic heterocycles. The SMILES string of the molecule is CC=CCCCC.OCCOCCOCCO. The third-order valence-electron chi connectivity index (χ3n) is 1.80. The first kappa shape index (κ1) is 18.9. The number of hydrogen-bond donors (Lipinski definition) is 2. The van der Waals surface area contributed by atoms with E-state index in [-0.39, 0.29) is 13.2 Å². The highest BCUT2D eigenvalue weighted by Crippen LogP contribution is 1.93. The Morgan fingerprint density at radius 2 is 1.47 bits per heavy atom. The maximum absolute atomic E-state index is 8.26. The van der Waals surface area contributed by atoms with Crippen molar-refractivity contribution >= 4 is 0 Å². The van der Waals surface area contributed by atoms with Gasteiger partial charge in [-0.15, -0.1) is 0 Å². The number of ether oxygens (including phenoxy) is 2. The van der Waals surface area contributed by atoms with Crippen molar-refractivity contribution in [1.29, 1.82) is 0 Å². The van der Waals surface area contributed by atoms with Crippen LogP contribution in [0.5, 0.6) is 0 Å². The second kappa shape index (κ2) is 20.9. The average molecular weight is 248 g/mol. The van der Waals surface area contributed by atoms with Gasteiger partial charge in [-0.05, 0) is 13.3 Å². The molecule has 0 spiro atoms. The first-order chi connectivity index (χ1) is 8.33. The van der Waals surface area contributed by atoms with Gasteiger partial charge in [0.1, 0.15) is 0 Å². The van der Waals surface area contributed by atoms with E-state index in [1.165, 1.54) is 19.3 Å². The molecule has 0 aliphatic heterocycles. The second-order valence-corrected chi connectivity index (χ2v) is 3.38. The van der Waals surface area contributed by atoms with Crippen LogP contribution in [-0.2, 0) is 9.47 Å². The van der Waals surface area contributed by atoms with Crippen molar-refractivity contribution in [2.75, 3.05) is 39.6 Å². The van der Waals surface area contributed by atoms with Gasteiger partial charge in [-0.3, -0.25) is 0 Å². The van der Waals surface area contributed by atoms with Crippen LogP contribution in [-0.4, -0.2) is 49.9 Å². The lowest BCUT2D eigenvalue weighted by atomic mass is 10.2. The van der Waals surface area contributed by atoms with Crippen LogP contribution in [0.25, 0.3) is 0 Å². The third kappa shape index (κ3) is 25.7. The minimum atomic E-state index is 0.0417. The smallest absolute Gasteiger partial charge is 0.0701 e. The van der Waals surface area contributed by atoms with Crippen LogP contribution in [0.1, 0.15) is 33.1 Å². The van der Waals surface area contributed by atoms with Gasteiger partial charge in [0.25, 0.3) is 0 Å². The highest BCUT2D eigenvalue weighted by Gasteiger charge is 1.86. The molecule has 0 amide bonds. The summed E-state index contributed by atoms with van der Waals surface area (Å²) in [5.41, 5.74) is 0. The molecule has 0 rings (SSSR count). The predicted octanol–water partition coefficient (Wildman–Crippen LogP) is 1.76. The molecule has 0 aliphatic rings. The zero-order valence-corrected chi connectivity index (χ0v) is 11.2. The van der Waals surface area contributed by atoms with Crippen LogP contribution in [0.3, 0.4) is 0 Å². The van der Waals surface area contributed by atoms with E-state index < -0.39 is 0 Å². The zero-order valence-electron chi connectivity index (χ0n) is 11.2. The largest absolute Gasteiger partial charge is 0.394 e. The van der Waals surface area contributed by atoms with E-state index in [9.17, 15) is 0 Å². The van der Waals surface area contributed by atoms with Crippen molar-refractivity contribution in [3.05, 3.63) is 12.2 Å². The van der Waals surface area contributed by atoms with E-state index in [0.29, 0.717) is 26.4 Å². The normalized spacial score (nSPS) is 10.4. The van der Waals surface area contributed by atoms with Gasteiger partial charge in [0, 0.05) is 0 Å². The maximum Gasteiger partial charge on any atom is 0.0701 e. The monoisotopic (exact) mass is 248 g/mol. The molecule has 0 saturated carbocycles. The van der Waals surface area contributed by atoms with Crippen LogP contribution < -0.4 is 0 Å². The fraction of sp³-hybridized carbons (Fsp3) is 0.846. The van der Waals surface area contributed by atoms with Gasteiger partial charge in [0.15, 0.2) is 0 Å². The lowest BCUT2D eigenvalue weighted by Crippen LogP contribution is -2.09. The molecule has 104 valence electrons. The standard InChI is InChI=1S/C7H14.C6H14O4/c1-3-5-7-6-4-2;7-1-3-9-5-6-10-4-2-8/h3,5H,4,6-7H2,1-2H3;7-8H,1-6H2. The highest BCUT2D eigenvalue weighted by atomic mass is 16.5. The summed E-state index contributed by atoms with van der Waals surface area (Å²) in [7, 11) is 0. The summed E-state index contributed by atoms with van der Waals surface area (Å²) >= 11 is 0. The number of aliphatic hydroxyl groups is 2. The second-order valence-electron chi connectivity index (χ2n) is 3.38. The van der Waals surface area contributed by atoms with Crippen LogP contribution >= 0.6 is 0 Å². The number of allylic oxidation sites excluding steroid dienone is 2. The molecule has 2 N–H and O–H groups in total. The highest BCUT2D eigenvalue weighted by molar-refractivity contribution is 4.75. The number of unbranched alkanes of at least 4 members (excludes halogenated alkanes) is 2. The molecule has 0 saturated heterocycles. The van der Waals surface area contributed by atoms with Crippen LogP contribution in [0.15, 0.2) is 12.2 Å². The Labute approximate surface area is 105 Å². The molecular formula is C13H28O4. The Morgan fingerprint density at radius 3 is 1.82 bits per heavy atom. The summed E-state index contributed by atoms with van der Waals surface area (Å²) in [6.45, 7) is 6.01. The van der Waals surface area contributed by atoms with E-state index in [1.807, 2.05) is 0 Å². The summed E-state index contributed by atoms with van der Waals surface area (Å²) in [5.74, 6) is 0. The summed E-state index contributed by atoms with van der Waals surface area (Å²) < 4.78 is 9.75. The fourth-order valence-electron chi connectivity index (χ4n) is 0.940. The van der Waals surface area contributed by atoms with Crippen molar-refractivity contribution < 1.29 is 19.7 Å². The average Bonchev–Trinajstić information content (AvgIpc) is 2.35. The molecule has 0 unspecified atom stereocenters. The Morgan fingerprint density at radius 1 is 0.941 bits per heavy atom. The van der Waals surface area contributed by atoms with Crippen LogP contribution in [0.2, 0.25) is 0 Å². The van der Waals surface area contributed by atoms with Gasteiger partial charge >= 0.3 is 0 Å². The Balaban J connectivity index is 0. The van der Waals surface area contributed by atoms with E-state index in [2.05, 4.69) is 26.0 Å². The molecule has 0 aliphatic carbocycles. The summed E-state index contributed by atoms with van der Waals surface area (Å²) in [6, 6.07) is 0. The van der Waals surface area contributed by atoms with Gasteiger partial charge < -0.3 is 19.7 Å². The molecule has 0 aromatic carbocycles. The third-order valence-corrected chi connectivity index (χ3v) is 1.80. The quantitative estimate of drug-likeness (QED) is 0.457. The minimum absolute atomic E-state index is 0.0417. The summed E-state index contributed by atoms with van der Waals surface area (Å²) in [5, 5.41) is 16.5. The van der Waals surface area contributed by atoms with Crippen molar-refractivity contribution in [1.82, 2.24) is 0 Å². The molecule has 4 heteroatoms. The van der Waals surface area contributed by atoms with Crippen molar-refractivity contribution in [2.24, 2.45) is 0 Å². The van der Waals surface area contributed by atoms with Crippen molar-refractivity contribution in [3.63, 3.8) is 0 Å². The molecular weight excluding hydrogens is 220 g/mol. The van der Waals surface area contributed by atoms with E-state index in [4.69, 9.17) is 19.7 Å². The van der Waals surface area contributed by atoms with Gasteiger partial charge in [0.05, 0.1) is 39.6 Å². The van der Waals surface area contributed by atoms with E-state index in [1.54, 1.807) is 0 Å². The van der Waals surface area contributed by atoms with Crippen molar-refractivity contribution in [2.45, 2.75) is 33.1 Å². The number of aliphatic hydroxyl groups excluding tert-OH is 2.